The third-order valence-electron chi connectivity index (χ3n) is 2.40. The van der Waals surface area contributed by atoms with Crippen molar-refractivity contribution in [1.82, 2.24) is 5.32 Å². The van der Waals surface area contributed by atoms with E-state index in [4.69, 9.17) is 5.11 Å². The first-order valence-corrected chi connectivity index (χ1v) is 5.36. The van der Waals surface area contributed by atoms with E-state index in [0.717, 1.165) is 12.1 Å². The van der Waals surface area contributed by atoms with Gasteiger partial charge in [-0.05, 0) is 17.7 Å². The average Bonchev–Trinajstić information content (AvgIpc) is 2.27. The van der Waals surface area contributed by atoms with Crippen LogP contribution in [0.4, 0.5) is 13.2 Å². The number of nitrogens with one attached hydrogen (secondary N) is 1. The van der Waals surface area contributed by atoms with Crippen molar-refractivity contribution in [2.75, 3.05) is 0 Å². The Hall–Kier alpha value is -2.05. The quantitative estimate of drug-likeness (QED) is 0.881. The van der Waals surface area contributed by atoms with Gasteiger partial charge in [0, 0.05) is 13.3 Å². The molecule has 1 rings (SSSR count). The van der Waals surface area contributed by atoms with Gasteiger partial charge in [-0.2, -0.15) is 13.2 Å². The Morgan fingerprint density at radius 1 is 1.26 bits per heavy atom. The van der Waals surface area contributed by atoms with E-state index in [-0.39, 0.29) is 6.42 Å². The number of rotatable bonds is 4. The van der Waals surface area contributed by atoms with E-state index in [9.17, 15) is 22.8 Å². The molecule has 0 aliphatic heterocycles. The molecular weight excluding hydrogens is 263 g/mol. The summed E-state index contributed by atoms with van der Waals surface area (Å²) in [4.78, 5) is 21.7. The van der Waals surface area contributed by atoms with Crippen LogP contribution in [-0.4, -0.2) is 23.0 Å². The third kappa shape index (κ3) is 4.61. The molecule has 1 unspecified atom stereocenters. The Morgan fingerprint density at radius 2 is 1.79 bits per heavy atom. The molecule has 19 heavy (non-hydrogen) atoms. The molecule has 7 heteroatoms. The smallest absolute Gasteiger partial charge is 0.416 e. The lowest BCUT2D eigenvalue weighted by molar-refractivity contribution is -0.141. The lowest BCUT2D eigenvalue weighted by Crippen LogP contribution is -2.41. The molecule has 1 amide bonds. The standard InChI is InChI=1S/C12H12F3NO3/c1-7(17)16-10(11(18)19)6-8-2-4-9(5-3-8)12(13,14)15/h2-5,10H,6H2,1H3,(H,16,17)(H,18,19). The largest absolute Gasteiger partial charge is 0.480 e. The van der Waals surface area contributed by atoms with Crippen molar-refractivity contribution >= 4 is 11.9 Å². The molecule has 104 valence electrons. The first-order chi connectivity index (χ1) is 8.70. The monoisotopic (exact) mass is 275 g/mol. The maximum Gasteiger partial charge on any atom is 0.416 e. The SMILES string of the molecule is CC(=O)NC(Cc1ccc(C(F)(F)F)cc1)C(=O)O. The predicted octanol–water partition coefficient (Wildman–Crippen LogP) is 1.84. The van der Waals surface area contributed by atoms with Gasteiger partial charge >= 0.3 is 12.1 Å². The van der Waals surface area contributed by atoms with Crippen molar-refractivity contribution in [2.24, 2.45) is 0 Å². The normalized spacial score (nSPS) is 12.8. The highest BCUT2D eigenvalue weighted by molar-refractivity contribution is 5.82. The van der Waals surface area contributed by atoms with Crippen LogP contribution in [0.25, 0.3) is 0 Å². The molecule has 0 aliphatic carbocycles. The van der Waals surface area contributed by atoms with Crippen LogP contribution in [0.1, 0.15) is 18.1 Å². The van der Waals surface area contributed by atoms with Gasteiger partial charge in [0.25, 0.3) is 0 Å². The van der Waals surface area contributed by atoms with Crippen molar-refractivity contribution in [3.8, 4) is 0 Å². The Morgan fingerprint density at radius 3 is 2.16 bits per heavy atom. The molecule has 2 N–H and O–H groups in total. The number of aliphatic carboxylic acids is 1. The van der Waals surface area contributed by atoms with E-state index >= 15 is 0 Å². The number of carboxylic acid groups (broad SMARTS) is 1. The summed E-state index contributed by atoms with van der Waals surface area (Å²) < 4.78 is 37.0. The zero-order chi connectivity index (χ0) is 14.6. The zero-order valence-corrected chi connectivity index (χ0v) is 9.99. The van der Waals surface area contributed by atoms with Gasteiger partial charge in [0.1, 0.15) is 6.04 Å². The van der Waals surface area contributed by atoms with Crippen LogP contribution in [-0.2, 0) is 22.2 Å². The number of amides is 1. The summed E-state index contributed by atoms with van der Waals surface area (Å²) >= 11 is 0. The van der Waals surface area contributed by atoms with E-state index in [0.29, 0.717) is 5.56 Å². The second-order valence-corrected chi connectivity index (χ2v) is 3.99. The van der Waals surface area contributed by atoms with Crippen molar-refractivity contribution in [1.29, 1.82) is 0 Å². The average molecular weight is 275 g/mol. The lowest BCUT2D eigenvalue weighted by Gasteiger charge is -2.14. The van der Waals surface area contributed by atoms with Gasteiger partial charge in [-0.15, -0.1) is 0 Å². The van der Waals surface area contributed by atoms with Crippen molar-refractivity contribution in [3.63, 3.8) is 0 Å². The van der Waals surface area contributed by atoms with Gasteiger partial charge in [-0.3, -0.25) is 4.79 Å². The number of hydrogen-bond donors (Lipinski definition) is 2. The highest BCUT2D eigenvalue weighted by Crippen LogP contribution is 2.29. The predicted molar refractivity (Wildman–Crippen MR) is 60.4 cm³/mol. The number of carbonyl (C=O) groups excluding carboxylic acids is 1. The number of carboxylic acids is 1. The van der Waals surface area contributed by atoms with Crippen LogP contribution < -0.4 is 5.32 Å². The molecule has 0 aromatic heterocycles. The molecule has 0 radical (unpaired) electrons. The molecule has 0 heterocycles. The van der Waals surface area contributed by atoms with Gasteiger partial charge in [0.15, 0.2) is 0 Å². The highest BCUT2D eigenvalue weighted by atomic mass is 19.4. The molecule has 1 aromatic carbocycles. The van der Waals surface area contributed by atoms with Gasteiger partial charge in [-0.25, -0.2) is 4.79 Å². The van der Waals surface area contributed by atoms with Crippen LogP contribution in [0.5, 0.6) is 0 Å². The summed E-state index contributed by atoms with van der Waals surface area (Å²) in [6, 6.07) is 2.99. The third-order valence-corrected chi connectivity index (χ3v) is 2.40. The zero-order valence-electron chi connectivity index (χ0n) is 9.99. The molecule has 0 saturated carbocycles. The highest BCUT2D eigenvalue weighted by Gasteiger charge is 2.30. The summed E-state index contributed by atoms with van der Waals surface area (Å²) in [7, 11) is 0. The fourth-order valence-electron chi connectivity index (χ4n) is 1.51. The van der Waals surface area contributed by atoms with Crippen molar-refractivity contribution in [3.05, 3.63) is 35.4 Å². The molecule has 4 nitrogen and oxygen atoms in total. The first-order valence-electron chi connectivity index (χ1n) is 5.36. The first kappa shape index (κ1) is 15.0. The number of halogens is 3. The minimum atomic E-state index is -4.43. The van der Waals surface area contributed by atoms with E-state index in [1.165, 1.54) is 19.1 Å². The number of carbonyl (C=O) groups is 2. The fraction of sp³-hybridized carbons (Fsp3) is 0.333. The Bertz CT molecular complexity index is 468. The minimum Gasteiger partial charge on any atom is -0.480 e. The maximum atomic E-state index is 12.3. The second kappa shape index (κ2) is 5.73. The van der Waals surface area contributed by atoms with E-state index in [1.54, 1.807) is 0 Å². The summed E-state index contributed by atoms with van der Waals surface area (Å²) in [6.45, 7) is 1.17. The van der Waals surface area contributed by atoms with E-state index in [2.05, 4.69) is 5.32 Å². The Balaban J connectivity index is 2.81. The summed E-state index contributed by atoms with van der Waals surface area (Å²) in [5.41, 5.74) is -0.406. The molecule has 0 fully saturated rings. The van der Waals surface area contributed by atoms with Crippen LogP contribution in [0.2, 0.25) is 0 Å². The van der Waals surface area contributed by atoms with Crippen molar-refractivity contribution in [2.45, 2.75) is 25.6 Å². The van der Waals surface area contributed by atoms with Gasteiger partial charge in [0.05, 0.1) is 5.56 Å². The Kier molecular flexibility index (Phi) is 4.52. The van der Waals surface area contributed by atoms with E-state index in [1.807, 2.05) is 0 Å². The van der Waals surface area contributed by atoms with Gasteiger partial charge in [0.2, 0.25) is 5.91 Å². The summed E-state index contributed by atoms with van der Waals surface area (Å²) in [6.07, 6.45) is -4.50. The molecular formula is C12H12F3NO3. The van der Waals surface area contributed by atoms with Crippen LogP contribution in [0.3, 0.4) is 0 Å². The maximum absolute atomic E-state index is 12.3. The van der Waals surface area contributed by atoms with Crippen LogP contribution in [0.15, 0.2) is 24.3 Å². The molecule has 0 bridgehead atoms. The molecule has 1 atom stereocenters. The van der Waals surface area contributed by atoms with E-state index < -0.39 is 29.7 Å². The minimum absolute atomic E-state index is 0.0763. The number of hydrogen-bond acceptors (Lipinski definition) is 2. The van der Waals surface area contributed by atoms with Gasteiger partial charge < -0.3 is 10.4 Å². The lowest BCUT2D eigenvalue weighted by atomic mass is 10.0. The Labute approximate surface area is 107 Å². The molecule has 0 aliphatic rings. The van der Waals surface area contributed by atoms with Crippen molar-refractivity contribution < 1.29 is 27.9 Å². The topological polar surface area (TPSA) is 66.4 Å². The van der Waals surface area contributed by atoms with Gasteiger partial charge in [-0.1, -0.05) is 12.1 Å². The molecule has 1 aromatic rings. The second-order valence-electron chi connectivity index (χ2n) is 3.99. The molecule has 0 saturated heterocycles. The summed E-state index contributed by atoms with van der Waals surface area (Å²) in [5.74, 6) is -1.76. The fourth-order valence-corrected chi connectivity index (χ4v) is 1.51. The molecule has 0 spiro atoms. The number of alkyl halides is 3. The number of benzene rings is 1. The van der Waals surface area contributed by atoms with Crippen LogP contribution in [0, 0.1) is 0 Å². The summed E-state index contributed by atoms with van der Waals surface area (Å²) in [5, 5.41) is 11.1. The van der Waals surface area contributed by atoms with Crippen LogP contribution >= 0.6 is 0 Å².